The van der Waals surface area contributed by atoms with Gasteiger partial charge < -0.3 is 23.7 Å². The molecule has 8 heteroatoms. The second-order valence-corrected chi connectivity index (χ2v) is 13.0. The van der Waals surface area contributed by atoms with Crippen molar-refractivity contribution in [3.8, 4) is 17.2 Å². The van der Waals surface area contributed by atoms with Gasteiger partial charge in [-0.1, -0.05) is 27.7 Å². The molecule has 2 rings (SSSR count). The number of ketones is 1. The summed E-state index contributed by atoms with van der Waals surface area (Å²) >= 11 is 0. The monoisotopic (exact) mass is 596 g/mol. The first-order chi connectivity index (χ1) is 20.0. The molecule has 0 aromatic heterocycles. The molecule has 0 aliphatic heterocycles. The van der Waals surface area contributed by atoms with Gasteiger partial charge in [-0.3, -0.25) is 14.4 Å². The Labute approximate surface area is 256 Å². The average Bonchev–Trinajstić information content (AvgIpc) is 2.91. The summed E-state index contributed by atoms with van der Waals surface area (Å²) in [6.07, 6.45) is 3.17. The van der Waals surface area contributed by atoms with Crippen LogP contribution in [-0.4, -0.2) is 37.9 Å². The first kappa shape index (κ1) is 35.4. The summed E-state index contributed by atoms with van der Waals surface area (Å²) in [5, 5.41) is 0. The van der Waals surface area contributed by atoms with Crippen molar-refractivity contribution in [3.63, 3.8) is 0 Å². The Morgan fingerprint density at radius 2 is 1.19 bits per heavy atom. The van der Waals surface area contributed by atoms with E-state index in [2.05, 4.69) is 33.8 Å². The Kier molecular flexibility index (Phi) is 12.4. The minimum atomic E-state index is -0.672. The zero-order chi connectivity index (χ0) is 32.5. The van der Waals surface area contributed by atoms with Gasteiger partial charge in [0.25, 0.3) is 0 Å². The molecule has 2 aromatic carbocycles. The zero-order valence-electron chi connectivity index (χ0n) is 27.6. The Morgan fingerprint density at radius 3 is 1.63 bits per heavy atom. The topological polar surface area (TPSA) is 97.4 Å². The quantitative estimate of drug-likeness (QED) is 0.0991. The van der Waals surface area contributed by atoms with Crippen molar-refractivity contribution in [2.24, 2.45) is 10.8 Å². The molecule has 0 saturated heterocycles. The smallest absolute Gasteiger partial charge is 0.314 e. The highest BCUT2D eigenvalue weighted by Crippen LogP contribution is 2.43. The molecule has 0 N–H and O–H groups in total. The normalized spacial score (nSPS) is 12.0. The molecule has 0 unspecified atom stereocenters. The van der Waals surface area contributed by atoms with Gasteiger partial charge in [0.2, 0.25) is 13.6 Å². The molecule has 0 radical (unpaired) electrons. The first-order valence-electron chi connectivity index (χ1n) is 14.7. The van der Waals surface area contributed by atoms with E-state index in [0.717, 1.165) is 11.1 Å². The van der Waals surface area contributed by atoms with Crippen LogP contribution in [0.4, 0.5) is 0 Å². The minimum absolute atomic E-state index is 0.0829. The maximum atomic E-state index is 13.2. The molecule has 0 heterocycles. The predicted molar refractivity (Wildman–Crippen MR) is 168 cm³/mol. The zero-order valence-corrected chi connectivity index (χ0v) is 27.6. The molecule has 0 amide bonds. The molecule has 0 atom stereocenters. The fourth-order valence-electron chi connectivity index (χ4n) is 3.88. The van der Waals surface area contributed by atoms with E-state index in [1.54, 1.807) is 71.9 Å². The second-order valence-electron chi connectivity index (χ2n) is 13.0. The van der Waals surface area contributed by atoms with E-state index < -0.39 is 10.8 Å². The average molecular weight is 597 g/mol. The van der Waals surface area contributed by atoms with Gasteiger partial charge >= 0.3 is 11.9 Å². The summed E-state index contributed by atoms with van der Waals surface area (Å²) in [5.41, 5.74) is 1.66. The largest absolute Gasteiger partial charge is 0.493 e. The van der Waals surface area contributed by atoms with Gasteiger partial charge in [-0.15, -0.1) is 0 Å². The third kappa shape index (κ3) is 10.2. The molecule has 2 aromatic rings. The highest BCUT2D eigenvalue weighted by Gasteiger charge is 2.26. The minimum Gasteiger partial charge on any atom is -0.493 e. The Morgan fingerprint density at radius 1 is 0.721 bits per heavy atom. The molecular weight excluding hydrogens is 548 g/mol. The molecule has 8 nitrogen and oxygen atoms in total. The van der Waals surface area contributed by atoms with Crippen molar-refractivity contribution < 1.29 is 38.1 Å². The number of ether oxygens (including phenoxy) is 5. The summed E-state index contributed by atoms with van der Waals surface area (Å²) in [6.45, 7) is 20.7. The van der Waals surface area contributed by atoms with Crippen molar-refractivity contribution in [3.05, 3.63) is 58.7 Å². The molecule has 236 valence electrons. The lowest BCUT2D eigenvalue weighted by atomic mass is 9.90. The SMILES string of the molecule is CCOc1c(C(C)C)cc(C(C)C)c(OCOC(=O)C(C)(C)C)c1C=CC(=O)c1ccc(OCOC(=O)C(C)(C)C)cc1. The third-order valence-corrected chi connectivity index (χ3v) is 6.43. The van der Waals surface area contributed by atoms with E-state index in [1.807, 2.05) is 6.92 Å². The standard InChI is InChI=1S/C35H48O8/c1-12-39-30-26(17-18-29(36)24-13-15-25(16-14-24)40-20-42-32(37)34(6,7)8)31(41-21-43-33(38)35(9,10)11)28(23(4)5)19-27(30)22(2)3/h13-19,22-23H,12,20-21H2,1-11H3. The number of hydrogen-bond donors (Lipinski definition) is 0. The van der Waals surface area contributed by atoms with Crippen molar-refractivity contribution in [1.82, 2.24) is 0 Å². The van der Waals surface area contributed by atoms with Crippen LogP contribution in [0.2, 0.25) is 0 Å². The van der Waals surface area contributed by atoms with Crippen LogP contribution in [0.3, 0.4) is 0 Å². The molecule has 43 heavy (non-hydrogen) atoms. The Hall–Kier alpha value is -3.81. The second kappa shape index (κ2) is 15.1. The van der Waals surface area contributed by atoms with Crippen LogP contribution in [-0.2, 0) is 19.1 Å². The van der Waals surface area contributed by atoms with E-state index in [0.29, 0.717) is 35.0 Å². The van der Waals surface area contributed by atoms with Crippen LogP contribution in [0.25, 0.3) is 6.08 Å². The van der Waals surface area contributed by atoms with Crippen LogP contribution in [0.1, 0.15) is 115 Å². The molecule has 0 saturated carbocycles. The van der Waals surface area contributed by atoms with E-state index in [4.69, 9.17) is 23.7 Å². The summed E-state index contributed by atoms with van der Waals surface area (Å²) in [7, 11) is 0. The summed E-state index contributed by atoms with van der Waals surface area (Å²) in [4.78, 5) is 37.5. The highest BCUT2D eigenvalue weighted by atomic mass is 16.7. The molecule has 0 spiro atoms. The summed E-state index contributed by atoms with van der Waals surface area (Å²) in [5.74, 6) is 0.832. The van der Waals surface area contributed by atoms with Crippen LogP contribution < -0.4 is 14.2 Å². The number of allylic oxidation sites excluding steroid dienone is 1. The van der Waals surface area contributed by atoms with Crippen LogP contribution in [0, 0.1) is 10.8 Å². The van der Waals surface area contributed by atoms with Gasteiger partial charge in [0, 0.05) is 5.56 Å². The van der Waals surface area contributed by atoms with Crippen LogP contribution >= 0.6 is 0 Å². The molecule has 0 aliphatic rings. The van der Waals surface area contributed by atoms with Gasteiger partial charge in [-0.2, -0.15) is 0 Å². The van der Waals surface area contributed by atoms with E-state index in [1.165, 1.54) is 6.08 Å². The summed E-state index contributed by atoms with van der Waals surface area (Å²) in [6, 6.07) is 8.64. The molecular formula is C35H48O8. The van der Waals surface area contributed by atoms with E-state index in [9.17, 15) is 14.4 Å². The van der Waals surface area contributed by atoms with Crippen molar-refractivity contribution in [2.75, 3.05) is 20.2 Å². The fraction of sp³-hybridized carbons (Fsp3) is 0.514. The number of benzene rings is 2. The molecule has 0 fully saturated rings. The lowest BCUT2D eigenvalue weighted by molar-refractivity contribution is -0.160. The maximum absolute atomic E-state index is 13.2. The fourth-order valence-corrected chi connectivity index (χ4v) is 3.88. The maximum Gasteiger partial charge on any atom is 0.314 e. The number of rotatable bonds is 13. The van der Waals surface area contributed by atoms with Crippen molar-refractivity contribution in [2.45, 2.75) is 88.0 Å². The van der Waals surface area contributed by atoms with Crippen molar-refractivity contribution in [1.29, 1.82) is 0 Å². The lowest BCUT2D eigenvalue weighted by Gasteiger charge is -2.24. The summed E-state index contributed by atoms with van der Waals surface area (Å²) < 4.78 is 28.3. The van der Waals surface area contributed by atoms with E-state index in [-0.39, 0.29) is 43.1 Å². The Balaban J connectivity index is 2.40. The number of hydrogen-bond acceptors (Lipinski definition) is 8. The van der Waals surface area contributed by atoms with Crippen LogP contribution in [0.5, 0.6) is 17.2 Å². The predicted octanol–water partition coefficient (Wildman–Crippen LogP) is 8.08. The highest BCUT2D eigenvalue weighted by molar-refractivity contribution is 6.07. The first-order valence-corrected chi connectivity index (χ1v) is 14.7. The van der Waals surface area contributed by atoms with Crippen molar-refractivity contribution >= 4 is 23.8 Å². The number of carbonyl (C=O) groups excluding carboxylic acids is 3. The van der Waals surface area contributed by atoms with Gasteiger partial charge in [-0.25, -0.2) is 0 Å². The number of carbonyl (C=O) groups is 3. The molecule has 0 aliphatic carbocycles. The Bertz CT molecular complexity index is 1290. The van der Waals surface area contributed by atoms with Gasteiger partial charge in [0.15, 0.2) is 5.78 Å². The third-order valence-electron chi connectivity index (χ3n) is 6.43. The molecule has 0 bridgehead atoms. The van der Waals surface area contributed by atoms with Gasteiger partial charge in [0.05, 0.1) is 23.0 Å². The van der Waals surface area contributed by atoms with Gasteiger partial charge in [-0.05, 0) is 114 Å². The van der Waals surface area contributed by atoms with Gasteiger partial charge in [0.1, 0.15) is 17.2 Å². The van der Waals surface area contributed by atoms with Crippen LogP contribution in [0.15, 0.2) is 36.4 Å². The van der Waals surface area contributed by atoms with E-state index >= 15 is 0 Å². The lowest BCUT2D eigenvalue weighted by Crippen LogP contribution is -2.25. The number of esters is 2.